The van der Waals surface area contributed by atoms with Crippen LogP contribution >= 0.6 is 0 Å². The number of amides is 4. The number of unbranched alkanes of at least 4 members (excludes halogenated alkanes) is 3. The molecule has 0 saturated heterocycles. The summed E-state index contributed by atoms with van der Waals surface area (Å²) in [6.07, 6.45) is 19.9. The molecule has 0 unspecified atom stereocenters. The SMILES string of the molecule is CC(=O)CCCC(=O)C(C)C.CC(=O)CCCC(=O)C(C)C.CC(=O)NCC(=O)C(C)C.CC(C)C(=O)CCc1ccccc1.CC(C)C(=O)CN.CC(C)C(=O)CNC(=O)Cc1ccccc1.CC(C)C(=O)CNC(=O)c1ccccc1.CC(C)C(=O)CNC=O.CC(C)C(=O)OCc1ccccc1.CCC(C)C.CCCC(=O)C(C)C.CCCC(C)C.CCCCCCC(C)C.CCCOCCOCCOCC(C)C. The van der Waals surface area contributed by atoms with Gasteiger partial charge in [0.15, 0.2) is 23.1 Å². The van der Waals surface area contributed by atoms with Crippen molar-refractivity contribution in [1.29, 1.82) is 0 Å². The van der Waals surface area contributed by atoms with Crippen LogP contribution in [-0.2, 0) is 110 Å². The third-order valence-electron chi connectivity index (χ3n) is 20.5. The number of hydrogen-bond acceptors (Lipinski definition) is 21. The lowest BCUT2D eigenvalue weighted by molar-refractivity contribution is -0.148. The monoisotopic (exact) mass is 2070 g/mol. The minimum Gasteiger partial charge on any atom is -0.461 e. The minimum absolute atomic E-state index is 0.00634. The minimum atomic E-state index is -0.204. The number of rotatable bonds is 56. The molecule has 846 valence electrons. The molecule has 0 spiro atoms. The lowest BCUT2D eigenvalue weighted by atomic mass is 10.0. The molecule has 25 nitrogen and oxygen atoms in total. The molecule has 25 heteroatoms. The quantitative estimate of drug-likeness (QED) is 0.0156. The first-order chi connectivity index (χ1) is 68.8. The Kier molecular flexibility index (Phi) is 119. The van der Waals surface area contributed by atoms with Crippen molar-refractivity contribution in [2.45, 2.75) is 384 Å². The molecule has 4 aromatic carbocycles. The van der Waals surface area contributed by atoms with Crippen molar-refractivity contribution >= 4 is 93.7 Å². The van der Waals surface area contributed by atoms with Crippen LogP contribution in [0.25, 0.3) is 0 Å². The second-order valence-electron chi connectivity index (χ2n) is 40.7. The van der Waals surface area contributed by atoms with Crippen LogP contribution in [0, 0.1) is 82.9 Å². The van der Waals surface area contributed by atoms with Gasteiger partial charge in [-0.15, -0.1) is 0 Å². The standard InChI is InChI=1S/C13H17NO2.C12H15NO2.C12H16O.C11H24O3.C11H14O2.2C9H16O2.C9H20.C7H13NO2.C7H14O.C6H11NO2.C6H14.C5H11NO.C5H12/c1-10(2)12(15)9-14-13(16)8-11-6-4-3-5-7-11;1-9(2)11(14)8-13-12(15)10-6-4-3-5-7-10;1-10(2)12(13)9-8-11-6-4-3-5-7-11;1-4-5-12-6-7-13-8-9-14-10-11(2)3;1-9(2)11(12)13-8-10-6-4-3-5-7-10;2*1-7(2)9(11)6-4-5-8(3)10;1-4-5-6-7-8-9(2)3;1-5(2)7(10)4-8-6(3)9;1-4-5-7(8)6(2)3;1-5(2)6(9)3-7-4-8;1-4-5-6(2)3;1-4(2)5(7)3-6;1-4-5(2)3/h3-7,10H,8-9H2,1-2H3,(H,14,16);3-7,9H,8H2,1-2H3,(H,13,15);3-7,10H,8-9H2,1-2H3;11H,4-10H2,1-3H3;3-7,9H,8H2,1-2H3;2*7H,4-6H2,1-3H3;9H,4-8H2,1-3H3;5H,4H2,1-3H3,(H,8,9);6H,4-5H2,1-3H3;4-5H,3H2,1-2H3,(H,7,8);6H,4-5H2,1-3H3;4H,3,6H2,1-2H3;5H,4H2,1-3H3. The molecule has 0 aliphatic heterocycles. The second kappa shape index (κ2) is 111. The van der Waals surface area contributed by atoms with Gasteiger partial charge in [0.2, 0.25) is 18.2 Å². The summed E-state index contributed by atoms with van der Waals surface area (Å²) in [7, 11) is 0. The van der Waals surface area contributed by atoms with Crippen molar-refractivity contribution < 1.29 is 95.7 Å². The van der Waals surface area contributed by atoms with Gasteiger partial charge < -0.3 is 55.5 Å². The highest BCUT2D eigenvalue weighted by Gasteiger charge is 2.16. The summed E-state index contributed by atoms with van der Waals surface area (Å²) >= 11 is 0. The fraction of sp³-hybridized carbons (Fsp3) is 0.672. The number of esters is 1. The lowest BCUT2D eigenvalue weighted by Gasteiger charge is -2.07. The Morgan fingerprint density at radius 2 is 0.667 bits per heavy atom. The molecule has 0 radical (unpaired) electrons. The molecule has 0 aliphatic carbocycles. The molecule has 4 amide bonds. The van der Waals surface area contributed by atoms with E-state index in [9.17, 15) is 76.7 Å². The van der Waals surface area contributed by atoms with Crippen LogP contribution in [0.3, 0.4) is 0 Å². The Bertz CT molecular complexity index is 3800. The summed E-state index contributed by atoms with van der Waals surface area (Å²) in [5.41, 5.74) is 8.83. The van der Waals surface area contributed by atoms with E-state index >= 15 is 0 Å². The number of hydrogen-bond donors (Lipinski definition) is 5. The summed E-state index contributed by atoms with van der Waals surface area (Å²) < 4.78 is 21.0. The lowest BCUT2D eigenvalue weighted by Crippen LogP contribution is -2.32. The van der Waals surface area contributed by atoms with Gasteiger partial charge >= 0.3 is 5.97 Å². The number of nitrogens with one attached hydrogen (secondary N) is 4. The van der Waals surface area contributed by atoms with E-state index in [1.165, 1.54) is 63.9 Å². The Morgan fingerprint density at radius 1 is 0.313 bits per heavy atom. The fourth-order valence-electron chi connectivity index (χ4n) is 9.99. The number of nitrogens with two attached hydrogens (primary N) is 1. The number of aryl methyl sites for hydroxylation is 1. The highest BCUT2D eigenvalue weighted by atomic mass is 16.5. The van der Waals surface area contributed by atoms with Crippen LogP contribution in [0.4, 0.5) is 0 Å². The van der Waals surface area contributed by atoms with Crippen LogP contribution in [-0.4, -0.2) is 166 Å². The maximum atomic E-state index is 11.5. The van der Waals surface area contributed by atoms with E-state index in [-0.39, 0.29) is 168 Å². The highest BCUT2D eigenvalue weighted by Crippen LogP contribution is 2.13. The summed E-state index contributed by atoms with van der Waals surface area (Å²) in [4.78, 5) is 174. The molecular weight excluding hydrogens is 1860 g/mol. The number of carbonyl (C=O) groups excluding carboxylic acids is 16. The first kappa shape index (κ1) is 158. The Balaban J connectivity index is -0.000000173. The molecule has 0 fully saturated rings. The number of Topliss-reactive ketones (excluding diaryl/α,β-unsaturated/α-hetero) is 11. The van der Waals surface area contributed by atoms with Crippen molar-refractivity contribution in [1.82, 2.24) is 21.3 Å². The largest absolute Gasteiger partial charge is 0.461 e. The third kappa shape index (κ3) is 129. The van der Waals surface area contributed by atoms with Crippen LogP contribution in [0.15, 0.2) is 121 Å². The van der Waals surface area contributed by atoms with Crippen molar-refractivity contribution in [3.05, 3.63) is 144 Å². The molecule has 0 heterocycles. The predicted molar refractivity (Wildman–Crippen MR) is 608 cm³/mol. The van der Waals surface area contributed by atoms with Crippen molar-refractivity contribution in [3.63, 3.8) is 0 Å². The van der Waals surface area contributed by atoms with Gasteiger partial charge in [0.05, 0.1) is 71.5 Å². The van der Waals surface area contributed by atoms with Crippen molar-refractivity contribution in [2.24, 2.45) is 88.6 Å². The molecule has 0 bridgehead atoms. The normalized spacial score (nSPS) is 10.1. The number of ether oxygens (including phenoxy) is 4. The Morgan fingerprint density at radius 3 is 0.980 bits per heavy atom. The number of benzene rings is 4. The predicted octanol–water partition coefficient (Wildman–Crippen LogP) is 25.1. The molecule has 0 aromatic heterocycles. The molecule has 4 aromatic rings. The van der Waals surface area contributed by atoms with Crippen LogP contribution in [0.2, 0.25) is 0 Å². The van der Waals surface area contributed by atoms with E-state index in [1.807, 2.05) is 216 Å². The topological polar surface area (TPSA) is 384 Å². The van der Waals surface area contributed by atoms with Crippen LogP contribution in [0.1, 0.15) is 392 Å². The Labute approximate surface area is 894 Å². The van der Waals surface area contributed by atoms with Gasteiger partial charge in [-0.2, -0.15) is 0 Å². The first-order valence-electron chi connectivity index (χ1n) is 54.3. The van der Waals surface area contributed by atoms with E-state index in [1.54, 1.807) is 52.0 Å². The van der Waals surface area contributed by atoms with Crippen molar-refractivity contribution in [3.8, 4) is 0 Å². The van der Waals surface area contributed by atoms with Gasteiger partial charge in [0.1, 0.15) is 47.1 Å². The average Bonchev–Trinajstić information content (AvgIpc) is 0.906. The molecule has 6 N–H and O–H groups in total. The van der Waals surface area contributed by atoms with E-state index in [2.05, 4.69) is 116 Å². The summed E-state index contributed by atoms with van der Waals surface area (Å²) in [6.45, 7) is 75.8. The smallest absolute Gasteiger partial charge is 0.308 e. The van der Waals surface area contributed by atoms with Gasteiger partial charge in [-0.1, -0.05) is 389 Å². The van der Waals surface area contributed by atoms with Crippen LogP contribution < -0.4 is 27.0 Å². The zero-order valence-electron chi connectivity index (χ0n) is 99.1. The maximum absolute atomic E-state index is 11.5. The van der Waals surface area contributed by atoms with Gasteiger partial charge in [0.25, 0.3) is 5.91 Å². The molecule has 4 rings (SSSR count). The molecule has 0 atom stereocenters. The van der Waals surface area contributed by atoms with E-state index < -0.39 is 0 Å². The van der Waals surface area contributed by atoms with Crippen molar-refractivity contribution in [2.75, 3.05) is 72.4 Å². The number of ketones is 11. The van der Waals surface area contributed by atoms with E-state index in [0.717, 1.165) is 67.8 Å². The molecule has 0 aliphatic rings. The molecule has 147 heavy (non-hydrogen) atoms. The zero-order valence-corrected chi connectivity index (χ0v) is 99.1. The van der Waals surface area contributed by atoms with Gasteiger partial charge in [-0.05, 0) is 98.4 Å². The first-order valence-corrected chi connectivity index (χ1v) is 54.3. The van der Waals surface area contributed by atoms with Crippen LogP contribution in [0.5, 0.6) is 0 Å². The third-order valence-corrected chi connectivity index (χ3v) is 20.5. The zero-order chi connectivity index (χ0) is 115. The molecule has 0 saturated carbocycles. The highest BCUT2D eigenvalue weighted by molar-refractivity contribution is 5.97. The average molecular weight is 2070 g/mol. The number of carbonyl (C=O) groups is 16. The Hall–Kier alpha value is -9.56. The molecular formula is C122H213N5O20. The van der Waals surface area contributed by atoms with Gasteiger partial charge in [-0.25, -0.2) is 0 Å². The van der Waals surface area contributed by atoms with Gasteiger partial charge in [0, 0.05) is 117 Å². The van der Waals surface area contributed by atoms with E-state index in [4.69, 9.17) is 24.7 Å². The summed E-state index contributed by atoms with van der Waals surface area (Å²) in [5, 5.41) is 9.95. The maximum Gasteiger partial charge on any atom is 0.308 e. The fourth-order valence-corrected chi connectivity index (χ4v) is 9.99. The second-order valence-corrected chi connectivity index (χ2v) is 40.7. The van der Waals surface area contributed by atoms with E-state index in [0.29, 0.717) is 114 Å². The summed E-state index contributed by atoms with van der Waals surface area (Å²) in [5.74, 6) is 5.21. The summed E-state index contributed by atoms with van der Waals surface area (Å²) in [6, 6.07) is 38.1. The van der Waals surface area contributed by atoms with Gasteiger partial charge in [-0.3, -0.25) is 67.1 Å².